The van der Waals surface area contributed by atoms with Gasteiger partial charge in [0.05, 0.1) is 11.0 Å². The van der Waals surface area contributed by atoms with Gasteiger partial charge in [0.2, 0.25) is 0 Å². The van der Waals surface area contributed by atoms with Gasteiger partial charge in [-0.1, -0.05) is 183 Å². The summed E-state index contributed by atoms with van der Waals surface area (Å²) in [5.41, 5.74) is 24.5. The first-order chi connectivity index (χ1) is 32.8. The third-order valence-corrected chi connectivity index (χ3v) is 14.1. The molecular weight excluding hydrogens is 809 g/mol. The van der Waals surface area contributed by atoms with Crippen molar-refractivity contribution in [2.75, 3.05) is 4.90 Å². The first-order valence-corrected chi connectivity index (χ1v) is 23.4. The first-order valence-electron chi connectivity index (χ1n) is 23.4. The van der Waals surface area contributed by atoms with Crippen molar-refractivity contribution >= 4 is 38.9 Å². The normalized spacial score (nSPS) is 12.6. The van der Waals surface area contributed by atoms with E-state index in [4.69, 9.17) is 0 Å². The van der Waals surface area contributed by atoms with Crippen LogP contribution in [0.3, 0.4) is 0 Å². The lowest BCUT2D eigenvalue weighted by Gasteiger charge is -2.26. The highest BCUT2D eigenvalue weighted by Crippen LogP contribution is 2.50. The molecule has 0 unspecified atom stereocenters. The maximum Gasteiger partial charge on any atom is 0.0547 e. The molecule has 0 atom stereocenters. The zero-order chi connectivity index (χ0) is 45.2. The Balaban J connectivity index is 0.885. The predicted octanol–water partition coefficient (Wildman–Crippen LogP) is 17.8. The summed E-state index contributed by atoms with van der Waals surface area (Å²) in [7, 11) is 0. The Morgan fingerprint density at radius 2 is 0.791 bits per heavy atom. The summed E-state index contributed by atoms with van der Waals surface area (Å²) in [5, 5.41) is 2.49. The SMILES string of the molecule is Cc1ccc(N(c2ccc(-c3ccc4c(c3)C(C)(C)c3cc(C)ccc3-4)cc2)c2ccc(-c3ccc4c5ccccc5n(-c5cccc(-c6cccc(-c7ccccc7)c6)c5)c4c3)cc2)cc1. The van der Waals surface area contributed by atoms with E-state index < -0.39 is 0 Å². The lowest BCUT2D eigenvalue weighted by Crippen LogP contribution is -2.15. The van der Waals surface area contributed by atoms with Crippen molar-refractivity contribution in [3.8, 4) is 61.3 Å². The number of aromatic nitrogens is 1. The molecule has 1 aliphatic rings. The molecule has 0 aliphatic heterocycles. The molecule has 0 radical (unpaired) electrons. The molecule has 0 saturated carbocycles. The van der Waals surface area contributed by atoms with E-state index in [1.54, 1.807) is 0 Å². The van der Waals surface area contributed by atoms with E-state index in [0.717, 1.165) is 22.7 Å². The van der Waals surface area contributed by atoms with Gasteiger partial charge in [0.15, 0.2) is 0 Å². The van der Waals surface area contributed by atoms with E-state index in [1.807, 2.05) is 0 Å². The fourth-order valence-corrected chi connectivity index (χ4v) is 10.5. The molecule has 1 heterocycles. The average molecular weight is 859 g/mol. The Morgan fingerprint density at radius 1 is 0.328 bits per heavy atom. The molecule has 12 rings (SSSR count). The number of aryl methyl sites for hydroxylation is 2. The number of fused-ring (bicyclic) bond motifs is 6. The van der Waals surface area contributed by atoms with E-state index >= 15 is 0 Å². The quantitative estimate of drug-likeness (QED) is 0.148. The summed E-state index contributed by atoms with van der Waals surface area (Å²) in [4.78, 5) is 2.36. The molecule has 11 aromatic rings. The van der Waals surface area contributed by atoms with E-state index in [1.165, 1.54) is 99.7 Å². The molecule has 0 fully saturated rings. The monoisotopic (exact) mass is 858 g/mol. The Kier molecular flexibility index (Phi) is 9.66. The van der Waals surface area contributed by atoms with Crippen LogP contribution in [0.1, 0.15) is 36.1 Å². The smallest absolute Gasteiger partial charge is 0.0547 e. The third-order valence-electron chi connectivity index (χ3n) is 14.1. The summed E-state index contributed by atoms with van der Waals surface area (Å²) in [6.07, 6.45) is 0. The van der Waals surface area contributed by atoms with Gasteiger partial charge in [-0.25, -0.2) is 0 Å². The van der Waals surface area contributed by atoms with E-state index in [-0.39, 0.29) is 5.41 Å². The minimum absolute atomic E-state index is 0.0477. The van der Waals surface area contributed by atoms with E-state index in [0.29, 0.717) is 0 Å². The molecular formula is C65H50N2. The molecule has 1 aromatic heterocycles. The van der Waals surface area contributed by atoms with Gasteiger partial charge in [-0.2, -0.15) is 0 Å². The van der Waals surface area contributed by atoms with Crippen molar-refractivity contribution in [3.63, 3.8) is 0 Å². The largest absolute Gasteiger partial charge is 0.311 e. The molecule has 2 nitrogen and oxygen atoms in total. The molecule has 320 valence electrons. The summed E-state index contributed by atoms with van der Waals surface area (Å²) < 4.78 is 2.43. The molecule has 2 heteroatoms. The fourth-order valence-electron chi connectivity index (χ4n) is 10.5. The molecule has 0 amide bonds. The summed E-state index contributed by atoms with van der Waals surface area (Å²) in [6, 6.07) is 85.1. The number of rotatable bonds is 8. The van der Waals surface area contributed by atoms with Gasteiger partial charge < -0.3 is 9.47 Å². The number of hydrogen-bond donors (Lipinski definition) is 0. The Hall–Kier alpha value is -8.20. The van der Waals surface area contributed by atoms with Crippen LogP contribution in [0, 0.1) is 13.8 Å². The van der Waals surface area contributed by atoms with Crippen LogP contribution in [0.5, 0.6) is 0 Å². The van der Waals surface area contributed by atoms with Crippen LogP contribution in [0.2, 0.25) is 0 Å². The number of nitrogens with zero attached hydrogens (tertiary/aromatic N) is 2. The second-order valence-corrected chi connectivity index (χ2v) is 18.8. The summed E-state index contributed by atoms with van der Waals surface area (Å²) >= 11 is 0. The molecule has 0 spiro atoms. The van der Waals surface area contributed by atoms with Gasteiger partial charge in [0.25, 0.3) is 0 Å². The number of para-hydroxylation sites is 1. The van der Waals surface area contributed by atoms with Crippen molar-refractivity contribution in [2.45, 2.75) is 33.1 Å². The molecule has 0 saturated heterocycles. The first kappa shape index (κ1) is 40.3. The second kappa shape index (κ2) is 16.0. The van der Waals surface area contributed by atoms with Crippen LogP contribution < -0.4 is 4.90 Å². The number of anilines is 3. The average Bonchev–Trinajstić information content (AvgIpc) is 3.82. The second-order valence-electron chi connectivity index (χ2n) is 18.8. The lowest BCUT2D eigenvalue weighted by atomic mass is 9.81. The number of hydrogen-bond acceptors (Lipinski definition) is 1. The van der Waals surface area contributed by atoms with Crippen LogP contribution >= 0.6 is 0 Å². The highest BCUT2D eigenvalue weighted by atomic mass is 15.1. The van der Waals surface area contributed by atoms with Crippen molar-refractivity contribution in [1.82, 2.24) is 4.57 Å². The zero-order valence-electron chi connectivity index (χ0n) is 38.3. The van der Waals surface area contributed by atoms with Gasteiger partial charge in [-0.3, -0.25) is 0 Å². The van der Waals surface area contributed by atoms with Crippen LogP contribution in [-0.4, -0.2) is 4.57 Å². The van der Waals surface area contributed by atoms with Gasteiger partial charge in [-0.15, -0.1) is 0 Å². The fraction of sp³-hybridized carbons (Fsp3) is 0.0769. The van der Waals surface area contributed by atoms with Crippen molar-refractivity contribution in [3.05, 3.63) is 253 Å². The zero-order valence-corrected chi connectivity index (χ0v) is 38.3. The Labute approximate surface area is 393 Å². The van der Waals surface area contributed by atoms with E-state index in [2.05, 4.69) is 268 Å². The van der Waals surface area contributed by atoms with Gasteiger partial charge in [-0.05, 0) is 153 Å². The molecule has 67 heavy (non-hydrogen) atoms. The molecule has 0 N–H and O–H groups in total. The maximum absolute atomic E-state index is 2.43. The lowest BCUT2D eigenvalue weighted by molar-refractivity contribution is 0.660. The predicted molar refractivity (Wildman–Crippen MR) is 284 cm³/mol. The van der Waals surface area contributed by atoms with Gasteiger partial charge in [0.1, 0.15) is 0 Å². The van der Waals surface area contributed by atoms with Gasteiger partial charge in [0, 0.05) is 38.9 Å². The summed E-state index contributed by atoms with van der Waals surface area (Å²) in [5.74, 6) is 0. The third kappa shape index (κ3) is 7.05. The van der Waals surface area contributed by atoms with E-state index in [9.17, 15) is 0 Å². The minimum Gasteiger partial charge on any atom is -0.311 e. The van der Waals surface area contributed by atoms with Crippen LogP contribution in [0.4, 0.5) is 17.1 Å². The topological polar surface area (TPSA) is 8.17 Å². The molecule has 1 aliphatic carbocycles. The molecule has 0 bridgehead atoms. The van der Waals surface area contributed by atoms with Crippen molar-refractivity contribution < 1.29 is 0 Å². The van der Waals surface area contributed by atoms with Crippen molar-refractivity contribution in [1.29, 1.82) is 0 Å². The highest BCUT2D eigenvalue weighted by Gasteiger charge is 2.35. The minimum atomic E-state index is -0.0477. The van der Waals surface area contributed by atoms with Crippen LogP contribution in [0.15, 0.2) is 231 Å². The van der Waals surface area contributed by atoms with Crippen LogP contribution in [0.25, 0.3) is 83.1 Å². The highest BCUT2D eigenvalue weighted by molar-refractivity contribution is 6.10. The van der Waals surface area contributed by atoms with Crippen LogP contribution in [-0.2, 0) is 5.41 Å². The standard InChI is InChI=1S/C65H50N2/c1-43-20-29-53(30-21-43)66(54-31-23-46(24-32-54)51-27-36-58-57-35-22-44(2)38-61(57)65(3,4)62(58)41-51)55-33-25-47(26-34-55)52-28-37-60-59-18-8-9-19-63(59)67(64(60)42-52)56-17-11-16-50(40-56)49-15-10-14-48(39-49)45-12-6-5-7-13-45/h5-42H,1-4H3. The van der Waals surface area contributed by atoms with Gasteiger partial charge >= 0.3 is 0 Å². The summed E-state index contributed by atoms with van der Waals surface area (Å²) in [6.45, 7) is 9.06. The van der Waals surface area contributed by atoms with Crippen molar-refractivity contribution in [2.24, 2.45) is 0 Å². The Morgan fingerprint density at radius 3 is 1.49 bits per heavy atom. The number of benzene rings is 10. The maximum atomic E-state index is 2.43. The molecule has 10 aromatic carbocycles. The Bertz CT molecular complexity index is 3650.